The topological polar surface area (TPSA) is 46.9 Å². The van der Waals surface area contributed by atoms with Gasteiger partial charge < -0.3 is 9.88 Å². The van der Waals surface area contributed by atoms with Crippen molar-refractivity contribution >= 4 is 5.91 Å². The monoisotopic (exact) mass is 273 g/mol. The van der Waals surface area contributed by atoms with Crippen LogP contribution in [0, 0.1) is 5.82 Å². The summed E-state index contributed by atoms with van der Waals surface area (Å²) in [5.74, 6) is -0.425. The average molecular weight is 273 g/mol. The van der Waals surface area contributed by atoms with Crippen molar-refractivity contribution in [3.8, 4) is 5.69 Å². The van der Waals surface area contributed by atoms with Crippen molar-refractivity contribution in [1.82, 2.24) is 14.9 Å². The van der Waals surface area contributed by atoms with Gasteiger partial charge in [-0.1, -0.05) is 12.8 Å². The second-order valence-corrected chi connectivity index (χ2v) is 5.10. The highest BCUT2D eigenvalue weighted by atomic mass is 19.1. The second kappa shape index (κ2) is 5.45. The highest BCUT2D eigenvalue weighted by Gasteiger charge is 2.19. The maximum absolute atomic E-state index is 12.9. The third-order valence-electron chi connectivity index (χ3n) is 3.63. The molecule has 0 spiro atoms. The van der Waals surface area contributed by atoms with Crippen molar-refractivity contribution in [2.24, 2.45) is 0 Å². The van der Waals surface area contributed by atoms with Gasteiger partial charge in [0.15, 0.2) is 0 Å². The van der Waals surface area contributed by atoms with E-state index in [-0.39, 0.29) is 17.8 Å². The summed E-state index contributed by atoms with van der Waals surface area (Å²) in [5, 5.41) is 2.99. The van der Waals surface area contributed by atoms with E-state index in [0.29, 0.717) is 5.69 Å². The average Bonchev–Trinajstić information content (AvgIpc) is 3.10. The molecule has 104 valence electrons. The van der Waals surface area contributed by atoms with Crippen LogP contribution >= 0.6 is 0 Å². The van der Waals surface area contributed by atoms with E-state index in [4.69, 9.17) is 0 Å². The van der Waals surface area contributed by atoms with Gasteiger partial charge in [-0.3, -0.25) is 4.79 Å². The Balaban J connectivity index is 1.72. The van der Waals surface area contributed by atoms with E-state index < -0.39 is 0 Å². The van der Waals surface area contributed by atoms with Gasteiger partial charge in [-0.25, -0.2) is 9.37 Å². The summed E-state index contributed by atoms with van der Waals surface area (Å²) in [5.41, 5.74) is 1.17. The number of rotatable bonds is 3. The molecule has 0 unspecified atom stereocenters. The van der Waals surface area contributed by atoms with Crippen molar-refractivity contribution in [3.63, 3.8) is 0 Å². The van der Waals surface area contributed by atoms with Crippen molar-refractivity contribution in [2.45, 2.75) is 31.7 Å². The maximum atomic E-state index is 12.9. The number of carbonyl (C=O) groups is 1. The Kier molecular flexibility index (Phi) is 3.50. The van der Waals surface area contributed by atoms with Crippen molar-refractivity contribution < 1.29 is 9.18 Å². The normalized spacial score (nSPS) is 15.4. The fraction of sp³-hybridized carbons (Fsp3) is 0.333. The summed E-state index contributed by atoms with van der Waals surface area (Å²) in [6.45, 7) is 0. The van der Waals surface area contributed by atoms with Crippen LogP contribution in [0.3, 0.4) is 0 Å². The molecular formula is C15H16FN3O. The largest absolute Gasteiger partial charge is 0.348 e. The zero-order chi connectivity index (χ0) is 13.9. The van der Waals surface area contributed by atoms with Gasteiger partial charge in [0.1, 0.15) is 17.8 Å². The van der Waals surface area contributed by atoms with Gasteiger partial charge >= 0.3 is 0 Å². The van der Waals surface area contributed by atoms with Gasteiger partial charge in [-0.15, -0.1) is 0 Å². The molecule has 5 heteroatoms. The summed E-state index contributed by atoms with van der Waals surface area (Å²) in [6.07, 6.45) is 7.67. The van der Waals surface area contributed by atoms with E-state index in [1.54, 1.807) is 29.2 Å². The lowest BCUT2D eigenvalue weighted by Gasteiger charge is -2.09. The molecule has 0 saturated heterocycles. The number of amides is 1. The molecule has 1 aromatic carbocycles. The molecule has 1 aliphatic carbocycles. The summed E-state index contributed by atoms with van der Waals surface area (Å²) < 4.78 is 14.6. The minimum absolute atomic E-state index is 0.141. The summed E-state index contributed by atoms with van der Waals surface area (Å²) >= 11 is 0. The van der Waals surface area contributed by atoms with Crippen LogP contribution in [0.15, 0.2) is 36.8 Å². The number of hydrogen-bond donors (Lipinski definition) is 1. The van der Waals surface area contributed by atoms with E-state index in [2.05, 4.69) is 10.3 Å². The molecule has 1 saturated carbocycles. The van der Waals surface area contributed by atoms with Gasteiger partial charge in [0.2, 0.25) is 0 Å². The predicted octanol–water partition coefficient (Wildman–Crippen LogP) is 2.68. The lowest BCUT2D eigenvalue weighted by Crippen LogP contribution is -2.32. The first-order valence-electron chi connectivity index (χ1n) is 6.83. The van der Waals surface area contributed by atoms with E-state index in [9.17, 15) is 9.18 Å². The van der Waals surface area contributed by atoms with Gasteiger partial charge in [0.05, 0.1) is 0 Å². The minimum Gasteiger partial charge on any atom is -0.348 e. The molecule has 0 bridgehead atoms. The molecular weight excluding hydrogens is 257 g/mol. The Hall–Kier alpha value is -2.17. The molecule has 1 aliphatic rings. The van der Waals surface area contributed by atoms with Crippen LogP contribution in [-0.4, -0.2) is 21.5 Å². The minimum atomic E-state index is -0.284. The molecule has 4 nitrogen and oxygen atoms in total. The molecule has 1 fully saturated rings. The number of aromatic nitrogens is 2. The molecule has 1 amide bonds. The summed E-state index contributed by atoms with van der Waals surface area (Å²) in [7, 11) is 0. The zero-order valence-corrected chi connectivity index (χ0v) is 11.1. The van der Waals surface area contributed by atoms with Crippen LogP contribution in [0.2, 0.25) is 0 Å². The van der Waals surface area contributed by atoms with Crippen LogP contribution in [0.1, 0.15) is 36.2 Å². The summed E-state index contributed by atoms with van der Waals surface area (Å²) in [6, 6.07) is 6.34. The smallest absolute Gasteiger partial charge is 0.271 e. The second-order valence-electron chi connectivity index (χ2n) is 5.10. The molecule has 1 aromatic heterocycles. The molecule has 3 rings (SSSR count). The molecule has 1 N–H and O–H groups in total. The van der Waals surface area contributed by atoms with Crippen molar-refractivity contribution in [1.29, 1.82) is 0 Å². The van der Waals surface area contributed by atoms with Gasteiger partial charge in [0.25, 0.3) is 5.91 Å². The van der Waals surface area contributed by atoms with Crippen molar-refractivity contribution in [2.75, 3.05) is 0 Å². The van der Waals surface area contributed by atoms with E-state index in [1.165, 1.54) is 25.0 Å². The first-order valence-corrected chi connectivity index (χ1v) is 6.83. The van der Waals surface area contributed by atoms with Gasteiger partial charge in [0, 0.05) is 17.9 Å². The third-order valence-corrected chi connectivity index (χ3v) is 3.63. The van der Waals surface area contributed by atoms with E-state index in [1.807, 2.05) is 0 Å². The molecule has 0 aliphatic heterocycles. The lowest BCUT2D eigenvalue weighted by atomic mass is 10.2. The van der Waals surface area contributed by atoms with Crippen LogP contribution in [0.4, 0.5) is 4.39 Å². The summed E-state index contributed by atoms with van der Waals surface area (Å²) in [4.78, 5) is 16.2. The number of nitrogens with zero attached hydrogens (tertiary/aromatic N) is 2. The predicted molar refractivity (Wildman–Crippen MR) is 73.2 cm³/mol. The number of imidazole rings is 1. The Labute approximate surface area is 116 Å². The standard InChI is InChI=1S/C15H16FN3O/c16-11-5-7-13(8-6-11)19-9-14(17-10-19)15(20)18-12-3-1-2-4-12/h5-10,12H,1-4H2,(H,18,20). The Bertz CT molecular complexity index is 600. The zero-order valence-electron chi connectivity index (χ0n) is 11.1. The highest BCUT2D eigenvalue weighted by Crippen LogP contribution is 2.18. The highest BCUT2D eigenvalue weighted by molar-refractivity contribution is 5.92. The lowest BCUT2D eigenvalue weighted by molar-refractivity contribution is 0.0933. The molecule has 0 radical (unpaired) electrons. The van der Waals surface area contributed by atoms with E-state index >= 15 is 0 Å². The molecule has 0 atom stereocenters. The quantitative estimate of drug-likeness (QED) is 0.934. The fourth-order valence-electron chi connectivity index (χ4n) is 2.52. The van der Waals surface area contributed by atoms with Crippen LogP contribution < -0.4 is 5.32 Å². The fourth-order valence-corrected chi connectivity index (χ4v) is 2.52. The molecule has 1 heterocycles. The molecule has 20 heavy (non-hydrogen) atoms. The SMILES string of the molecule is O=C(NC1CCCC1)c1cn(-c2ccc(F)cc2)cn1. The Morgan fingerprint density at radius 2 is 1.95 bits per heavy atom. The van der Waals surface area contributed by atoms with E-state index in [0.717, 1.165) is 18.5 Å². The first-order chi connectivity index (χ1) is 9.72. The van der Waals surface area contributed by atoms with Gasteiger partial charge in [-0.05, 0) is 37.1 Å². The van der Waals surface area contributed by atoms with Gasteiger partial charge in [-0.2, -0.15) is 0 Å². The van der Waals surface area contributed by atoms with Crippen LogP contribution in [0.5, 0.6) is 0 Å². The Morgan fingerprint density at radius 3 is 2.65 bits per heavy atom. The number of halogens is 1. The maximum Gasteiger partial charge on any atom is 0.271 e. The Morgan fingerprint density at radius 1 is 1.25 bits per heavy atom. The molecule has 2 aromatic rings. The first kappa shape index (κ1) is 12.8. The number of nitrogens with one attached hydrogen (secondary N) is 1. The number of hydrogen-bond acceptors (Lipinski definition) is 2. The number of carbonyl (C=O) groups excluding carboxylic acids is 1. The third kappa shape index (κ3) is 2.71. The van der Waals surface area contributed by atoms with Crippen LogP contribution in [-0.2, 0) is 0 Å². The van der Waals surface area contributed by atoms with Crippen LogP contribution in [0.25, 0.3) is 5.69 Å². The van der Waals surface area contributed by atoms with Crippen molar-refractivity contribution in [3.05, 3.63) is 48.3 Å². The number of benzene rings is 1.